The molecule has 136 valence electrons. The van der Waals surface area contributed by atoms with Crippen molar-refractivity contribution in [2.75, 3.05) is 7.11 Å². The molecule has 4 saturated carbocycles. The Balaban J connectivity index is 1.59. The van der Waals surface area contributed by atoms with Gasteiger partial charge in [0.1, 0.15) is 5.78 Å². The van der Waals surface area contributed by atoms with Gasteiger partial charge < -0.3 is 4.74 Å². The molecular weight excluding hydrogens is 296 g/mol. The summed E-state index contributed by atoms with van der Waals surface area (Å²) >= 11 is 0. The van der Waals surface area contributed by atoms with E-state index in [0.29, 0.717) is 28.6 Å². The maximum atomic E-state index is 12.2. The molecule has 0 radical (unpaired) electrons. The van der Waals surface area contributed by atoms with Gasteiger partial charge in [0, 0.05) is 13.0 Å². The monoisotopic (exact) mass is 332 g/mol. The zero-order valence-corrected chi connectivity index (χ0v) is 16.1. The van der Waals surface area contributed by atoms with Gasteiger partial charge in [-0.05, 0) is 99.2 Å². The number of ketones is 1. The molecule has 0 aromatic carbocycles. The van der Waals surface area contributed by atoms with Crippen molar-refractivity contribution < 1.29 is 9.53 Å². The van der Waals surface area contributed by atoms with Crippen LogP contribution in [0.15, 0.2) is 0 Å². The second kappa shape index (κ2) is 5.83. The summed E-state index contributed by atoms with van der Waals surface area (Å²) in [6.45, 7) is 6.91. The Labute approximate surface area is 148 Å². The second-order valence-corrected chi connectivity index (χ2v) is 10.1. The summed E-state index contributed by atoms with van der Waals surface area (Å²) in [7, 11) is 1.89. The van der Waals surface area contributed by atoms with E-state index in [0.717, 1.165) is 30.1 Å². The smallest absolute Gasteiger partial charge is 0.133 e. The lowest BCUT2D eigenvalue weighted by molar-refractivity contribution is -0.140. The highest BCUT2D eigenvalue weighted by atomic mass is 16.5. The molecule has 3 unspecified atom stereocenters. The van der Waals surface area contributed by atoms with E-state index in [9.17, 15) is 4.79 Å². The minimum atomic E-state index is 0.305. The van der Waals surface area contributed by atoms with Gasteiger partial charge in [0.25, 0.3) is 0 Å². The lowest BCUT2D eigenvalue weighted by Gasteiger charge is -2.61. The molecule has 4 fully saturated rings. The SMILES string of the molecule is CO[C@H]1CC[C@]2(C)C3CC[C@@]4(C)C(CC[C@@H]4C(C)=O)C3CC[C@H]2C1. The Bertz CT molecular complexity index is 514. The fourth-order valence-corrected chi connectivity index (χ4v) is 8.10. The van der Waals surface area contributed by atoms with Gasteiger partial charge in [-0.15, -0.1) is 0 Å². The average molecular weight is 333 g/mol. The van der Waals surface area contributed by atoms with Crippen molar-refractivity contribution in [3.8, 4) is 0 Å². The summed E-state index contributed by atoms with van der Waals surface area (Å²) in [5, 5.41) is 0. The second-order valence-electron chi connectivity index (χ2n) is 10.1. The van der Waals surface area contributed by atoms with Crippen LogP contribution in [-0.4, -0.2) is 19.0 Å². The summed E-state index contributed by atoms with van der Waals surface area (Å²) in [4.78, 5) is 12.2. The first-order valence-electron chi connectivity index (χ1n) is 10.4. The van der Waals surface area contributed by atoms with Crippen molar-refractivity contribution in [3.63, 3.8) is 0 Å². The number of rotatable bonds is 2. The average Bonchev–Trinajstić information content (AvgIpc) is 2.91. The summed E-state index contributed by atoms with van der Waals surface area (Å²) < 4.78 is 5.71. The van der Waals surface area contributed by atoms with E-state index in [-0.39, 0.29) is 0 Å². The van der Waals surface area contributed by atoms with Gasteiger partial charge in [-0.1, -0.05) is 13.8 Å². The third-order valence-electron chi connectivity index (χ3n) is 9.44. The van der Waals surface area contributed by atoms with E-state index >= 15 is 0 Å². The van der Waals surface area contributed by atoms with Gasteiger partial charge in [0.05, 0.1) is 6.10 Å². The number of carbonyl (C=O) groups excluding carboxylic acids is 1. The van der Waals surface area contributed by atoms with Crippen LogP contribution in [0.2, 0.25) is 0 Å². The van der Waals surface area contributed by atoms with Crippen LogP contribution >= 0.6 is 0 Å². The molecule has 0 spiro atoms. The molecule has 0 heterocycles. The van der Waals surface area contributed by atoms with Crippen LogP contribution in [0, 0.1) is 40.4 Å². The van der Waals surface area contributed by atoms with Crippen LogP contribution < -0.4 is 0 Å². The Kier molecular flexibility index (Phi) is 4.14. The van der Waals surface area contributed by atoms with E-state index in [1.54, 1.807) is 0 Å². The highest BCUT2D eigenvalue weighted by Crippen LogP contribution is 2.67. The minimum Gasteiger partial charge on any atom is -0.381 e. The lowest BCUT2D eigenvalue weighted by Crippen LogP contribution is -2.54. The first-order valence-corrected chi connectivity index (χ1v) is 10.4. The molecule has 4 aliphatic rings. The quantitative estimate of drug-likeness (QED) is 0.690. The highest BCUT2D eigenvalue weighted by Gasteiger charge is 2.60. The Morgan fingerprint density at radius 3 is 2.33 bits per heavy atom. The molecule has 0 aromatic rings. The summed E-state index contributed by atoms with van der Waals surface area (Å²) in [5.74, 6) is 4.26. The molecular formula is C22H36O2. The molecule has 8 atom stereocenters. The molecule has 0 aromatic heterocycles. The van der Waals surface area contributed by atoms with Crippen LogP contribution in [0.1, 0.15) is 78.6 Å². The Morgan fingerprint density at radius 1 is 0.917 bits per heavy atom. The lowest BCUT2D eigenvalue weighted by atomic mass is 9.44. The maximum Gasteiger partial charge on any atom is 0.133 e. The summed E-state index contributed by atoms with van der Waals surface area (Å²) in [6, 6.07) is 0. The number of Topliss-reactive ketones (excluding diaryl/α,β-unsaturated/α-hetero) is 1. The predicted molar refractivity (Wildman–Crippen MR) is 96.7 cm³/mol. The van der Waals surface area contributed by atoms with Gasteiger partial charge in [-0.3, -0.25) is 4.79 Å². The van der Waals surface area contributed by atoms with Crippen LogP contribution in [-0.2, 0) is 9.53 Å². The van der Waals surface area contributed by atoms with E-state index < -0.39 is 0 Å². The van der Waals surface area contributed by atoms with Crippen LogP contribution in [0.25, 0.3) is 0 Å². The van der Waals surface area contributed by atoms with Gasteiger partial charge in [-0.2, -0.15) is 0 Å². The molecule has 0 aliphatic heterocycles. The number of methoxy groups -OCH3 is 1. The normalized spacial score (nSPS) is 53.8. The van der Waals surface area contributed by atoms with Crippen molar-refractivity contribution in [2.45, 2.75) is 84.7 Å². The third kappa shape index (κ3) is 2.27. The number of hydrogen-bond donors (Lipinski definition) is 0. The van der Waals surface area contributed by atoms with Gasteiger partial charge in [-0.25, -0.2) is 0 Å². The number of carbonyl (C=O) groups is 1. The Hall–Kier alpha value is -0.370. The van der Waals surface area contributed by atoms with Crippen molar-refractivity contribution >= 4 is 5.78 Å². The van der Waals surface area contributed by atoms with E-state index in [2.05, 4.69) is 13.8 Å². The van der Waals surface area contributed by atoms with Gasteiger partial charge in [0.2, 0.25) is 0 Å². The molecule has 0 amide bonds. The molecule has 4 rings (SSSR count). The fraction of sp³-hybridized carbons (Fsp3) is 0.955. The largest absolute Gasteiger partial charge is 0.381 e. The molecule has 4 aliphatic carbocycles. The van der Waals surface area contributed by atoms with Crippen molar-refractivity contribution in [1.82, 2.24) is 0 Å². The first kappa shape index (κ1) is 17.1. The summed E-state index contributed by atoms with van der Waals surface area (Å²) in [5.41, 5.74) is 0.841. The maximum absolute atomic E-state index is 12.2. The van der Waals surface area contributed by atoms with Crippen LogP contribution in [0.3, 0.4) is 0 Å². The van der Waals surface area contributed by atoms with Crippen molar-refractivity contribution in [2.24, 2.45) is 40.4 Å². The molecule has 0 bridgehead atoms. The first-order chi connectivity index (χ1) is 11.4. The van der Waals surface area contributed by atoms with Gasteiger partial charge >= 0.3 is 0 Å². The molecule has 0 saturated heterocycles. The minimum absolute atomic E-state index is 0.305. The van der Waals surface area contributed by atoms with E-state index in [4.69, 9.17) is 4.74 Å². The van der Waals surface area contributed by atoms with E-state index in [1.165, 1.54) is 51.4 Å². The van der Waals surface area contributed by atoms with Gasteiger partial charge in [0.15, 0.2) is 0 Å². The predicted octanol–water partition coefficient (Wildman–Crippen LogP) is 5.25. The molecule has 2 nitrogen and oxygen atoms in total. The van der Waals surface area contributed by atoms with Crippen molar-refractivity contribution in [3.05, 3.63) is 0 Å². The number of ether oxygens (including phenoxy) is 1. The molecule has 2 heteroatoms. The zero-order chi connectivity index (χ0) is 17.1. The fourth-order valence-electron chi connectivity index (χ4n) is 8.10. The Morgan fingerprint density at radius 2 is 1.62 bits per heavy atom. The topological polar surface area (TPSA) is 26.3 Å². The van der Waals surface area contributed by atoms with Crippen LogP contribution in [0.4, 0.5) is 0 Å². The van der Waals surface area contributed by atoms with E-state index in [1.807, 2.05) is 14.0 Å². The standard InChI is InChI=1S/C22H36O2/c1-14(23)18-7-8-19-17-6-5-15-13-16(24-4)9-11-21(15,2)20(17)10-12-22(18,19)3/h15-20H,5-13H2,1-4H3/t15-,16-,17?,18+,19?,20?,21-,22+/m0/s1. The summed E-state index contributed by atoms with van der Waals surface area (Å²) in [6.07, 6.45) is 12.3. The zero-order valence-electron chi connectivity index (χ0n) is 16.1. The molecule has 0 N–H and O–H groups in total. The molecule has 24 heavy (non-hydrogen) atoms. The van der Waals surface area contributed by atoms with Crippen LogP contribution in [0.5, 0.6) is 0 Å². The third-order valence-corrected chi connectivity index (χ3v) is 9.44. The highest BCUT2D eigenvalue weighted by molar-refractivity contribution is 5.79. The number of fused-ring (bicyclic) bond motifs is 5. The van der Waals surface area contributed by atoms with Crippen molar-refractivity contribution in [1.29, 1.82) is 0 Å². The number of hydrogen-bond acceptors (Lipinski definition) is 2.